The van der Waals surface area contributed by atoms with E-state index in [1.54, 1.807) is 24.3 Å². The number of halogens is 4. The first-order valence-electron chi connectivity index (χ1n) is 4.26. The molecule has 5 heteroatoms. The van der Waals surface area contributed by atoms with E-state index < -0.39 is 20.9 Å². The molecular weight excluding hydrogens is 278 g/mol. The van der Waals surface area contributed by atoms with Crippen LogP contribution in [0.5, 0.6) is 0 Å². The van der Waals surface area contributed by atoms with Crippen molar-refractivity contribution in [2.24, 2.45) is 0 Å². The summed E-state index contributed by atoms with van der Waals surface area (Å²) >= 11 is 23.9. The third-order valence-corrected chi connectivity index (χ3v) is 4.26. The predicted molar refractivity (Wildman–Crippen MR) is 63.1 cm³/mol. The summed E-state index contributed by atoms with van der Waals surface area (Å²) in [4.78, 5) is 11.7. The second-order valence-electron chi connectivity index (χ2n) is 3.33. The van der Waals surface area contributed by atoms with Crippen molar-refractivity contribution in [2.45, 2.75) is 15.1 Å². The van der Waals surface area contributed by atoms with E-state index in [0.717, 1.165) is 0 Å². The maximum absolute atomic E-state index is 11.7. The number of fused-ring (bicyclic) bond motifs is 1. The van der Waals surface area contributed by atoms with E-state index in [1.807, 2.05) is 0 Å². The highest BCUT2D eigenvalue weighted by atomic mass is 35.5. The number of carbonyl (C=O) groups is 1. The third kappa shape index (κ3) is 1.66. The summed E-state index contributed by atoms with van der Waals surface area (Å²) in [6, 6.07) is 7.01. The largest absolute Gasteiger partial charge is 0.294 e. The molecule has 1 aromatic rings. The van der Waals surface area contributed by atoms with Crippen LogP contribution >= 0.6 is 46.4 Å². The number of hydrogen-bond donors (Lipinski definition) is 0. The minimum Gasteiger partial charge on any atom is -0.294 e. The number of ketones is 1. The standard InChI is InChI=1S/C10H6Cl4O/c11-7-5-3-1-2-4-6(5)10(13,14)9(15)8(7)12/h1-4,7-8H/t7-,8+/m0/s1. The Morgan fingerprint density at radius 2 is 1.67 bits per heavy atom. The van der Waals surface area contributed by atoms with Crippen LogP contribution in [0.25, 0.3) is 0 Å². The molecule has 0 bridgehead atoms. The zero-order chi connectivity index (χ0) is 11.2. The fourth-order valence-electron chi connectivity index (χ4n) is 1.62. The normalized spacial score (nSPS) is 28.7. The first kappa shape index (κ1) is 11.5. The summed E-state index contributed by atoms with van der Waals surface area (Å²) in [5, 5.41) is -1.47. The van der Waals surface area contributed by atoms with E-state index in [0.29, 0.717) is 11.1 Å². The average molecular weight is 284 g/mol. The number of carbonyl (C=O) groups excluding carboxylic acids is 1. The van der Waals surface area contributed by atoms with Gasteiger partial charge in [0.25, 0.3) is 0 Å². The topological polar surface area (TPSA) is 17.1 Å². The maximum Gasteiger partial charge on any atom is 0.202 e. The number of Topliss-reactive ketones (excluding diaryl/α,β-unsaturated/α-hetero) is 1. The van der Waals surface area contributed by atoms with Gasteiger partial charge in [0.05, 0.1) is 5.38 Å². The van der Waals surface area contributed by atoms with E-state index in [1.165, 1.54) is 0 Å². The molecule has 0 heterocycles. The summed E-state index contributed by atoms with van der Waals surface area (Å²) in [5.74, 6) is -0.466. The lowest BCUT2D eigenvalue weighted by molar-refractivity contribution is -0.120. The fourth-order valence-corrected chi connectivity index (χ4v) is 2.91. The SMILES string of the molecule is O=C1[C@H](Cl)[C@@H](Cl)c2ccccc2C1(Cl)Cl. The van der Waals surface area contributed by atoms with Gasteiger partial charge in [-0.05, 0) is 5.56 Å². The molecule has 0 N–H and O–H groups in total. The van der Waals surface area contributed by atoms with E-state index in [9.17, 15) is 4.79 Å². The molecule has 80 valence electrons. The van der Waals surface area contributed by atoms with E-state index >= 15 is 0 Å². The van der Waals surface area contributed by atoms with Crippen LogP contribution in [0.3, 0.4) is 0 Å². The summed E-state index contributed by atoms with van der Waals surface area (Å²) in [7, 11) is 0. The highest BCUT2D eigenvalue weighted by molar-refractivity contribution is 6.61. The van der Waals surface area contributed by atoms with Crippen molar-refractivity contribution in [2.75, 3.05) is 0 Å². The molecule has 0 aliphatic heterocycles. The number of benzene rings is 1. The van der Waals surface area contributed by atoms with Crippen LogP contribution in [-0.4, -0.2) is 11.2 Å². The van der Waals surface area contributed by atoms with Gasteiger partial charge in [-0.25, -0.2) is 0 Å². The van der Waals surface area contributed by atoms with Gasteiger partial charge in [-0.2, -0.15) is 0 Å². The quantitative estimate of drug-likeness (QED) is 0.662. The zero-order valence-corrected chi connectivity index (χ0v) is 10.4. The predicted octanol–water partition coefficient (Wildman–Crippen LogP) is 3.79. The van der Waals surface area contributed by atoms with Gasteiger partial charge in [0.2, 0.25) is 4.33 Å². The third-order valence-electron chi connectivity index (χ3n) is 2.41. The molecule has 0 aromatic heterocycles. The van der Waals surface area contributed by atoms with Gasteiger partial charge >= 0.3 is 0 Å². The molecule has 1 aliphatic carbocycles. The van der Waals surface area contributed by atoms with Crippen molar-refractivity contribution in [1.82, 2.24) is 0 Å². The molecule has 0 spiro atoms. The van der Waals surface area contributed by atoms with Crippen molar-refractivity contribution in [1.29, 1.82) is 0 Å². The Morgan fingerprint density at radius 1 is 1.07 bits per heavy atom. The van der Waals surface area contributed by atoms with Crippen molar-refractivity contribution < 1.29 is 4.79 Å². The van der Waals surface area contributed by atoms with E-state index in [-0.39, 0.29) is 0 Å². The molecule has 1 aromatic carbocycles. The van der Waals surface area contributed by atoms with Crippen LogP contribution in [0.4, 0.5) is 0 Å². The lowest BCUT2D eigenvalue weighted by atomic mass is 9.89. The Hall–Kier alpha value is 0.0500. The highest BCUT2D eigenvalue weighted by Gasteiger charge is 2.48. The van der Waals surface area contributed by atoms with Crippen LogP contribution < -0.4 is 0 Å². The highest BCUT2D eigenvalue weighted by Crippen LogP contribution is 2.48. The molecule has 0 fully saturated rings. The molecule has 0 unspecified atom stereocenters. The number of hydrogen-bond acceptors (Lipinski definition) is 1. The van der Waals surface area contributed by atoms with Crippen LogP contribution in [0, 0.1) is 0 Å². The minimum atomic E-state index is -1.59. The van der Waals surface area contributed by atoms with Crippen molar-refractivity contribution in [3.8, 4) is 0 Å². The Bertz CT molecular complexity index is 416. The summed E-state index contributed by atoms with van der Waals surface area (Å²) in [6.07, 6.45) is 0. The molecule has 1 nitrogen and oxygen atoms in total. The first-order chi connectivity index (χ1) is 6.96. The molecule has 0 amide bonds. The van der Waals surface area contributed by atoms with Crippen LogP contribution in [0.1, 0.15) is 16.5 Å². The number of rotatable bonds is 0. The molecule has 1 aliphatic rings. The summed E-state index contributed by atoms with van der Waals surface area (Å²) < 4.78 is -1.59. The van der Waals surface area contributed by atoms with Crippen LogP contribution in [0.15, 0.2) is 24.3 Å². The second kappa shape index (κ2) is 3.81. The summed E-state index contributed by atoms with van der Waals surface area (Å²) in [6.45, 7) is 0. The van der Waals surface area contributed by atoms with E-state index in [2.05, 4.69) is 0 Å². The maximum atomic E-state index is 11.7. The van der Waals surface area contributed by atoms with Gasteiger partial charge in [-0.1, -0.05) is 47.5 Å². The lowest BCUT2D eigenvalue weighted by Gasteiger charge is -2.32. The van der Waals surface area contributed by atoms with Crippen molar-refractivity contribution in [3.05, 3.63) is 35.4 Å². The van der Waals surface area contributed by atoms with E-state index in [4.69, 9.17) is 46.4 Å². The Labute approximate surface area is 107 Å². The van der Waals surface area contributed by atoms with Gasteiger partial charge < -0.3 is 0 Å². The number of alkyl halides is 4. The van der Waals surface area contributed by atoms with Gasteiger partial charge in [-0.15, -0.1) is 23.2 Å². The van der Waals surface area contributed by atoms with Gasteiger partial charge in [0.15, 0.2) is 5.78 Å². The summed E-state index contributed by atoms with van der Waals surface area (Å²) in [5.41, 5.74) is 1.24. The zero-order valence-electron chi connectivity index (χ0n) is 7.38. The molecule has 0 saturated carbocycles. The van der Waals surface area contributed by atoms with Crippen molar-refractivity contribution in [3.63, 3.8) is 0 Å². The molecule has 2 atom stereocenters. The molecular formula is C10H6Cl4O. The monoisotopic (exact) mass is 282 g/mol. The smallest absolute Gasteiger partial charge is 0.202 e. The van der Waals surface area contributed by atoms with Crippen LogP contribution in [-0.2, 0) is 9.13 Å². The Morgan fingerprint density at radius 3 is 2.33 bits per heavy atom. The molecule has 2 rings (SSSR count). The average Bonchev–Trinajstić information content (AvgIpc) is 2.24. The fraction of sp³-hybridized carbons (Fsp3) is 0.300. The van der Waals surface area contributed by atoms with Gasteiger partial charge in [0, 0.05) is 5.56 Å². The van der Waals surface area contributed by atoms with Crippen molar-refractivity contribution >= 4 is 52.2 Å². The minimum absolute atomic E-state index is 0.466. The Balaban J connectivity index is 2.66. The second-order valence-corrected chi connectivity index (χ2v) is 5.60. The van der Waals surface area contributed by atoms with Crippen LogP contribution in [0.2, 0.25) is 0 Å². The molecule has 0 saturated heterocycles. The van der Waals surface area contributed by atoms with Gasteiger partial charge in [0.1, 0.15) is 5.38 Å². The molecule has 0 radical (unpaired) electrons. The lowest BCUT2D eigenvalue weighted by Crippen LogP contribution is -2.39. The van der Waals surface area contributed by atoms with Gasteiger partial charge in [-0.3, -0.25) is 4.79 Å². The molecule has 15 heavy (non-hydrogen) atoms. The first-order valence-corrected chi connectivity index (χ1v) is 5.89. The Kier molecular flexibility index (Phi) is 2.93.